The first kappa shape index (κ1) is 14.0. The molecule has 0 radical (unpaired) electrons. The Kier molecular flexibility index (Phi) is 5.46. The molecule has 1 rings (SSSR count). The second-order valence-corrected chi connectivity index (χ2v) is 4.84. The summed E-state index contributed by atoms with van der Waals surface area (Å²) in [6, 6.07) is 7.90. The fraction of sp³-hybridized carbons (Fsp3) is 0.462. The Morgan fingerprint density at radius 3 is 2.76 bits per heavy atom. The normalized spacial score (nSPS) is 13.8. The molecule has 0 heterocycles. The van der Waals surface area contributed by atoms with Crippen molar-refractivity contribution in [3.63, 3.8) is 0 Å². The van der Waals surface area contributed by atoms with Gasteiger partial charge < -0.3 is 4.74 Å². The number of hydrogen-bond acceptors (Lipinski definition) is 3. The predicted molar refractivity (Wildman–Crippen MR) is 71.9 cm³/mol. The maximum Gasteiger partial charge on any atom is 0.125 e. The van der Waals surface area contributed by atoms with Gasteiger partial charge in [-0.3, -0.25) is 5.32 Å². The highest BCUT2D eigenvalue weighted by atomic mass is 79.9. The molecule has 92 valence electrons. The molecule has 0 amide bonds. The molecule has 2 atom stereocenters. The number of benzene rings is 1. The van der Waals surface area contributed by atoms with E-state index >= 15 is 0 Å². The summed E-state index contributed by atoms with van der Waals surface area (Å²) in [5.41, 5.74) is 0.865. The molecule has 3 nitrogen and oxygen atoms in total. The highest BCUT2D eigenvalue weighted by Crippen LogP contribution is 2.28. The van der Waals surface area contributed by atoms with E-state index in [4.69, 9.17) is 4.74 Å². The van der Waals surface area contributed by atoms with Crippen LogP contribution in [-0.2, 0) is 0 Å². The maximum atomic E-state index is 9.25. The SMILES string of the molecule is CCC(C)NC(C#N)c1cc(Br)ccc1OC. The van der Waals surface area contributed by atoms with Gasteiger partial charge in [0.25, 0.3) is 0 Å². The molecule has 0 fully saturated rings. The van der Waals surface area contributed by atoms with Gasteiger partial charge in [-0.2, -0.15) is 5.26 Å². The Bertz CT molecular complexity index is 414. The minimum atomic E-state index is -0.350. The van der Waals surface area contributed by atoms with Crippen molar-refractivity contribution >= 4 is 15.9 Å². The Balaban J connectivity index is 3.02. The average molecular weight is 297 g/mol. The molecule has 0 aliphatic rings. The number of ether oxygens (including phenoxy) is 1. The molecule has 1 N–H and O–H groups in total. The van der Waals surface area contributed by atoms with Crippen molar-refractivity contribution in [2.24, 2.45) is 0 Å². The van der Waals surface area contributed by atoms with Crippen LogP contribution in [0.15, 0.2) is 22.7 Å². The molecule has 1 aromatic carbocycles. The van der Waals surface area contributed by atoms with Gasteiger partial charge in [0.1, 0.15) is 11.8 Å². The molecular formula is C13H17BrN2O. The van der Waals surface area contributed by atoms with Crippen molar-refractivity contribution in [3.8, 4) is 11.8 Å². The largest absolute Gasteiger partial charge is 0.496 e. The lowest BCUT2D eigenvalue weighted by Crippen LogP contribution is -2.29. The first-order valence-corrected chi connectivity index (χ1v) is 6.40. The third kappa shape index (κ3) is 3.72. The van der Waals surface area contributed by atoms with E-state index in [1.54, 1.807) is 7.11 Å². The summed E-state index contributed by atoms with van der Waals surface area (Å²) >= 11 is 3.41. The van der Waals surface area contributed by atoms with Crippen LogP contribution >= 0.6 is 15.9 Å². The lowest BCUT2D eigenvalue weighted by molar-refractivity contribution is 0.400. The van der Waals surface area contributed by atoms with E-state index in [1.807, 2.05) is 18.2 Å². The van der Waals surface area contributed by atoms with Crippen LogP contribution in [-0.4, -0.2) is 13.2 Å². The summed E-state index contributed by atoms with van der Waals surface area (Å²) in [7, 11) is 1.62. The number of rotatable bonds is 5. The fourth-order valence-electron chi connectivity index (χ4n) is 1.53. The predicted octanol–water partition coefficient (Wildman–Crippen LogP) is 3.41. The van der Waals surface area contributed by atoms with E-state index in [9.17, 15) is 5.26 Å². The van der Waals surface area contributed by atoms with Crippen molar-refractivity contribution < 1.29 is 4.74 Å². The molecule has 4 heteroatoms. The van der Waals surface area contributed by atoms with Gasteiger partial charge >= 0.3 is 0 Å². The third-order valence-corrected chi connectivity index (χ3v) is 3.19. The summed E-state index contributed by atoms with van der Waals surface area (Å²) in [4.78, 5) is 0. The second kappa shape index (κ2) is 6.63. The first-order valence-electron chi connectivity index (χ1n) is 5.61. The number of methoxy groups -OCH3 is 1. The minimum absolute atomic E-state index is 0.295. The summed E-state index contributed by atoms with van der Waals surface area (Å²) in [6.45, 7) is 4.15. The fourth-order valence-corrected chi connectivity index (χ4v) is 1.91. The Labute approximate surface area is 111 Å². The zero-order valence-electron chi connectivity index (χ0n) is 10.3. The Morgan fingerprint density at radius 1 is 1.53 bits per heavy atom. The summed E-state index contributed by atoms with van der Waals surface area (Å²) in [5.74, 6) is 0.732. The molecular weight excluding hydrogens is 280 g/mol. The van der Waals surface area contributed by atoms with E-state index in [0.717, 1.165) is 22.2 Å². The summed E-state index contributed by atoms with van der Waals surface area (Å²) in [5, 5.41) is 12.5. The summed E-state index contributed by atoms with van der Waals surface area (Å²) < 4.78 is 6.23. The smallest absolute Gasteiger partial charge is 0.125 e. The van der Waals surface area contributed by atoms with E-state index < -0.39 is 0 Å². The molecule has 0 aliphatic heterocycles. The molecule has 2 unspecified atom stereocenters. The average Bonchev–Trinajstić information content (AvgIpc) is 2.35. The number of halogens is 1. The number of hydrogen-bond donors (Lipinski definition) is 1. The van der Waals surface area contributed by atoms with Crippen LogP contribution < -0.4 is 10.1 Å². The van der Waals surface area contributed by atoms with E-state index in [-0.39, 0.29) is 6.04 Å². The van der Waals surface area contributed by atoms with Crippen molar-refractivity contribution in [3.05, 3.63) is 28.2 Å². The van der Waals surface area contributed by atoms with Crippen molar-refractivity contribution in [2.45, 2.75) is 32.4 Å². The van der Waals surface area contributed by atoms with Gasteiger partial charge in [-0.05, 0) is 31.5 Å². The lowest BCUT2D eigenvalue weighted by atomic mass is 10.1. The maximum absolute atomic E-state index is 9.25. The number of nitriles is 1. The van der Waals surface area contributed by atoms with Crippen LogP contribution in [0.5, 0.6) is 5.75 Å². The van der Waals surface area contributed by atoms with E-state index in [1.165, 1.54) is 0 Å². The van der Waals surface area contributed by atoms with Crippen LogP contribution in [0, 0.1) is 11.3 Å². The van der Waals surface area contributed by atoms with Gasteiger partial charge in [0.2, 0.25) is 0 Å². The zero-order chi connectivity index (χ0) is 12.8. The molecule has 0 spiro atoms. The van der Waals surface area contributed by atoms with Crippen LogP contribution in [0.3, 0.4) is 0 Å². The Morgan fingerprint density at radius 2 is 2.24 bits per heavy atom. The minimum Gasteiger partial charge on any atom is -0.496 e. The molecule has 17 heavy (non-hydrogen) atoms. The second-order valence-electron chi connectivity index (χ2n) is 3.92. The topological polar surface area (TPSA) is 45.0 Å². The van der Waals surface area contributed by atoms with Crippen LogP contribution in [0.2, 0.25) is 0 Å². The van der Waals surface area contributed by atoms with Gasteiger partial charge in [-0.15, -0.1) is 0 Å². The highest BCUT2D eigenvalue weighted by Gasteiger charge is 2.17. The van der Waals surface area contributed by atoms with Gasteiger partial charge in [-0.1, -0.05) is 22.9 Å². The van der Waals surface area contributed by atoms with Crippen LogP contribution in [0.1, 0.15) is 31.9 Å². The van der Waals surface area contributed by atoms with Crippen molar-refractivity contribution in [1.82, 2.24) is 5.32 Å². The van der Waals surface area contributed by atoms with Gasteiger partial charge in [0, 0.05) is 16.1 Å². The van der Waals surface area contributed by atoms with E-state index in [2.05, 4.69) is 41.2 Å². The third-order valence-electron chi connectivity index (χ3n) is 2.70. The Hall–Kier alpha value is -1.05. The van der Waals surface area contributed by atoms with Crippen LogP contribution in [0.4, 0.5) is 0 Å². The summed E-state index contributed by atoms with van der Waals surface area (Å²) in [6.07, 6.45) is 0.981. The first-order chi connectivity index (χ1) is 8.12. The van der Waals surface area contributed by atoms with Crippen LogP contribution in [0.25, 0.3) is 0 Å². The highest BCUT2D eigenvalue weighted by molar-refractivity contribution is 9.10. The van der Waals surface area contributed by atoms with Gasteiger partial charge in [-0.25, -0.2) is 0 Å². The molecule has 1 aromatic rings. The van der Waals surface area contributed by atoms with Gasteiger partial charge in [0.15, 0.2) is 0 Å². The molecule has 0 bridgehead atoms. The van der Waals surface area contributed by atoms with Crippen molar-refractivity contribution in [1.29, 1.82) is 5.26 Å². The lowest BCUT2D eigenvalue weighted by Gasteiger charge is -2.19. The monoisotopic (exact) mass is 296 g/mol. The molecule has 0 aromatic heterocycles. The van der Waals surface area contributed by atoms with Gasteiger partial charge in [0.05, 0.1) is 13.2 Å². The number of nitrogens with zero attached hydrogens (tertiary/aromatic N) is 1. The van der Waals surface area contributed by atoms with Crippen molar-refractivity contribution in [2.75, 3.05) is 7.11 Å². The quantitative estimate of drug-likeness (QED) is 0.906. The standard InChI is InChI=1S/C13H17BrN2O/c1-4-9(2)16-12(8-15)11-7-10(14)5-6-13(11)17-3/h5-7,9,12,16H,4H2,1-3H3. The van der Waals surface area contributed by atoms with E-state index in [0.29, 0.717) is 6.04 Å². The molecule has 0 aliphatic carbocycles. The number of nitrogens with one attached hydrogen (secondary N) is 1. The molecule has 0 saturated carbocycles. The molecule has 0 saturated heterocycles. The zero-order valence-corrected chi connectivity index (χ0v) is 11.9.